The van der Waals surface area contributed by atoms with Gasteiger partial charge in [-0.3, -0.25) is 0 Å². The van der Waals surface area contributed by atoms with Crippen LogP contribution >= 0.6 is 0 Å². The van der Waals surface area contributed by atoms with Crippen LogP contribution in [0.3, 0.4) is 0 Å². The van der Waals surface area contributed by atoms with Crippen LogP contribution in [0.4, 0.5) is 4.39 Å². The van der Waals surface area contributed by atoms with Crippen LogP contribution in [0.2, 0.25) is 0 Å². The summed E-state index contributed by atoms with van der Waals surface area (Å²) in [5.74, 6) is 0.592. The highest BCUT2D eigenvalue weighted by atomic mass is 19.1. The lowest BCUT2D eigenvalue weighted by atomic mass is 9.95. The zero-order valence-electron chi connectivity index (χ0n) is 9.48. The van der Waals surface area contributed by atoms with Crippen LogP contribution in [0, 0.1) is 11.9 Å². The molecule has 89 valence electrons. The number of aromatic hydroxyl groups is 1. The molecular weight excluding hydrogens is 231 g/mol. The highest BCUT2D eigenvalue weighted by molar-refractivity contribution is 5.83. The molecule has 1 aliphatic rings. The van der Waals surface area contributed by atoms with Gasteiger partial charge in [0.2, 0.25) is 0 Å². The smallest absolute Gasteiger partial charge is 0.127 e. The van der Waals surface area contributed by atoms with E-state index in [4.69, 9.17) is 4.74 Å². The van der Waals surface area contributed by atoms with Crippen molar-refractivity contribution in [2.45, 2.75) is 0 Å². The number of hydrogen-bond acceptors (Lipinski definition) is 2. The van der Waals surface area contributed by atoms with E-state index < -0.39 is 0 Å². The second-order valence-corrected chi connectivity index (χ2v) is 4.03. The Morgan fingerprint density at radius 1 is 1.11 bits per heavy atom. The third-order valence-electron chi connectivity index (χ3n) is 2.84. The Morgan fingerprint density at radius 3 is 2.67 bits per heavy atom. The number of phenolic OH excluding ortho intramolecular Hbond substituents is 1. The predicted molar refractivity (Wildman–Crippen MR) is 65.8 cm³/mol. The number of halogens is 1. The highest BCUT2D eigenvalue weighted by Crippen LogP contribution is 2.35. The van der Waals surface area contributed by atoms with Gasteiger partial charge in [0.25, 0.3) is 0 Å². The van der Waals surface area contributed by atoms with Gasteiger partial charge in [-0.2, -0.15) is 0 Å². The number of ether oxygens (including phenoxy) is 1. The molecule has 2 nitrogen and oxygen atoms in total. The van der Waals surface area contributed by atoms with Crippen LogP contribution < -0.4 is 4.74 Å². The van der Waals surface area contributed by atoms with Crippen molar-refractivity contribution >= 4 is 5.57 Å². The molecule has 0 aliphatic carbocycles. The van der Waals surface area contributed by atoms with Gasteiger partial charge in [0.1, 0.15) is 23.9 Å². The first kappa shape index (κ1) is 10.8. The first-order chi connectivity index (χ1) is 8.74. The van der Waals surface area contributed by atoms with Crippen LogP contribution in [-0.4, -0.2) is 11.7 Å². The van der Waals surface area contributed by atoms with Crippen LogP contribution in [0.15, 0.2) is 42.5 Å². The van der Waals surface area contributed by atoms with E-state index in [9.17, 15) is 9.50 Å². The van der Waals surface area contributed by atoms with Crippen molar-refractivity contribution in [2.24, 2.45) is 0 Å². The highest BCUT2D eigenvalue weighted by Gasteiger charge is 2.16. The van der Waals surface area contributed by atoms with Gasteiger partial charge in [0, 0.05) is 11.6 Å². The fourth-order valence-corrected chi connectivity index (χ4v) is 1.99. The largest absolute Gasteiger partial charge is 0.508 e. The van der Waals surface area contributed by atoms with Crippen molar-refractivity contribution in [3.05, 3.63) is 65.5 Å². The Kier molecular flexibility index (Phi) is 2.52. The van der Waals surface area contributed by atoms with Crippen LogP contribution in [-0.2, 0) is 0 Å². The third-order valence-corrected chi connectivity index (χ3v) is 2.84. The standard InChI is InChI=1S/C15H10FO2/c16-11-3-1-10(2-4-11)13-7-8-18-15-6-5-12(17)9-14(13)15/h1-6,9,17H,8H2. The Hall–Kier alpha value is -2.29. The fraction of sp³-hybridized carbons (Fsp3) is 0.0667. The summed E-state index contributed by atoms with van der Waals surface area (Å²) in [6.45, 7) is 0.352. The summed E-state index contributed by atoms with van der Waals surface area (Å²) in [6, 6.07) is 11.1. The monoisotopic (exact) mass is 241 g/mol. The van der Waals surface area contributed by atoms with E-state index >= 15 is 0 Å². The van der Waals surface area contributed by atoms with Crippen LogP contribution in [0.25, 0.3) is 5.57 Å². The van der Waals surface area contributed by atoms with Crippen LogP contribution in [0.1, 0.15) is 11.1 Å². The van der Waals surface area contributed by atoms with E-state index in [0.29, 0.717) is 12.4 Å². The maximum Gasteiger partial charge on any atom is 0.127 e. The molecule has 18 heavy (non-hydrogen) atoms. The molecule has 0 fully saturated rings. The molecule has 0 spiro atoms. The molecule has 3 rings (SSSR count). The molecule has 0 amide bonds. The Morgan fingerprint density at radius 2 is 1.89 bits per heavy atom. The number of hydrogen-bond donors (Lipinski definition) is 1. The van der Waals surface area contributed by atoms with Crippen LogP contribution in [0.5, 0.6) is 11.5 Å². The SMILES string of the molecule is Oc1ccc2c(c1)C(c1ccc(F)cc1)=[C]CO2. The minimum absolute atomic E-state index is 0.167. The first-order valence-corrected chi connectivity index (χ1v) is 5.57. The maximum absolute atomic E-state index is 12.9. The summed E-state index contributed by atoms with van der Waals surface area (Å²) >= 11 is 0. The molecule has 1 aliphatic heterocycles. The van der Waals surface area contributed by atoms with E-state index in [0.717, 1.165) is 16.7 Å². The number of phenols is 1. The summed E-state index contributed by atoms with van der Waals surface area (Å²) in [7, 11) is 0. The van der Waals surface area contributed by atoms with E-state index in [2.05, 4.69) is 6.08 Å². The zero-order chi connectivity index (χ0) is 12.5. The van der Waals surface area contributed by atoms with Gasteiger partial charge in [-0.1, -0.05) is 12.1 Å². The lowest BCUT2D eigenvalue weighted by molar-refractivity contribution is 0.350. The normalized spacial score (nSPS) is 13.5. The average molecular weight is 241 g/mol. The molecule has 0 saturated carbocycles. The average Bonchev–Trinajstić information content (AvgIpc) is 2.39. The molecule has 0 unspecified atom stereocenters. The van der Waals surface area contributed by atoms with Crippen molar-refractivity contribution < 1.29 is 14.2 Å². The first-order valence-electron chi connectivity index (χ1n) is 5.57. The zero-order valence-corrected chi connectivity index (χ0v) is 9.48. The molecule has 1 heterocycles. The molecule has 0 atom stereocenters. The number of fused-ring (bicyclic) bond motifs is 1. The van der Waals surface area contributed by atoms with Gasteiger partial charge in [-0.15, -0.1) is 0 Å². The minimum Gasteiger partial charge on any atom is -0.508 e. The van der Waals surface area contributed by atoms with Gasteiger partial charge < -0.3 is 9.84 Å². The molecule has 2 aromatic carbocycles. The topological polar surface area (TPSA) is 29.5 Å². The summed E-state index contributed by atoms with van der Waals surface area (Å²) in [5.41, 5.74) is 2.45. The predicted octanol–water partition coefficient (Wildman–Crippen LogP) is 3.16. The van der Waals surface area contributed by atoms with Crippen molar-refractivity contribution in [1.82, 2.24) is 0 Å². The molecule has 3 heteroatoms. The van der Waals surface area contributed by atoms with Gasteiger partial charge in [0.05, 0.1) is 0 Å². The van der Waals surface area contributed by atoms with E-state index in [1.165, 1.54) is 12.1 Å². The number of benzene rings is 2. The summed E-state index contributed by atoms with van der Waals surface area (Å²) in [5, 5.41) is 9.54. The molecule has 0 bridgehead atoms. The van der Waals surface area contributed by atoms with Crippen molar-refractivity contribution in [3.8, 4) is 11.5 Å². The summed E-state index contributed by atoms with van der Waals surface area (Å²) in [4.78, 5) is 0. The Balaban J connectivity index is 2.11. The maximum atomic E-state index is 12.9. The van der Waals surface area contributed by atoms with Crippen molar-refractivity contribution in [2.75, 3.05) is 6.61 Å². The lowest BCUT2D eigenvalue weighted by Crippen LogP contribution is -2.05. The summed E-state index contributed by atoms with van der Waals surface area (Å²) in [6.07, 6.45) is 3.10. The van der Waals surface area contributed by atoms with Gasteiger partial charge in [-0.05, 0) is 41.5 Å². The van der Waals surface area contributed by atoms with E-state index in [-0.39, 0.29) is 11.6 Å². The van der Waals surface area contributed by atoms with Gasteiger partial charge >= 0.3 is 0 Å². The minimum atomic E-state index is -0.275. The Labute approximate surface area is 104 Å². The summed E-state index contributed by atoms with van der Waals surface area (Å²) < 4.78 is 18.4. The molecular formula is C15H10FO2. The van der Waals surface area contributed by atoms with Gasteiger partial charge in [-0.25, -0.2) is 4.39 Å². The van der Waals surface area contributed by atoms with E-state index in [1.54, 1.807) is 30.3 Å². The van der Waals surface area contributed by atoms with Crippen molar-refractivity contribution in [1.29, 1.82) is 0 Å². The third kappa shape index (κ3) is 1.84. The molecule has 1 radical (unpaired) electrons. The van der Waals surface area contributed by atoms with Gasteiger partial charge in [0.15, 0.2) is 0 Å². The second kappa shape index (κ2) is 4.18. The fourth-order valence-electron chi connectivity index (χ4n) is 1.99. The quantitative estimate of drug-likeness (QED) is 0.831. The molecule has 1 N–H and O–H groups in total. The molecule has 2 aromatic rings. The number of rotatable bonds is 1. The van der Waals surface area contributed by atoms with E-state index in [1.807, 2.05) is 0 Å². The lowest BCUT2D eigenvalue weighted by Gasteiger charge is -2.18. The molecule has 0 saturated heterocycles. The molecule has 0 aromatic heterocycles. The van der Waals surface area contributed by atoms with Crippen molar-refractivity contribution in [3.63, 3.8) is 0 Å². The Bertz CT molecular complexity index is 615. The second-order valence-electron chi connectivity index (χ2n) is 4.03.